The molecule has 3 unspecified atom stereocenters. The highest BCUT2D eigenvalue weighted by molar-refractivity contribution is 6.06. The highest BCUT2D eigenvalue weighted by Crippen LogP contribution is 2.65. The smallest absolute Gasteiger partial charge is 0.137 e. The van der Waals surface area contributed by atoms with Crippen LogP contribution in [0.15, 0.2) is 205 Å². The summed E-state index contributed by atoms with van der Waals surface area (Å²) in [5.74, 6) is 0.574. The third-order valence-corrected chi connectivity index (χ3v) is 14.3. The Morgan fingerprint density at radius 2 is 1.07 bits per heavy atom. The molecule has 1 spiro atoms. The van der Waals surface area contributed by atoms with Crippen LogP contribution < -0.4 is 4.90 Å². The number of para-hydroxylation sites is 1. The molecule has 0 bridgehead atoms. The summed E-state index contributed by atoms with van der Waals surface area (Å²) in [7, 11) is 0. The van der Waals surface area contributed by atoms with E-state index in [-0.39, 0.29) is 16.7 Å². The van der Waals surface area contributed by atoms with Gasteiger partial charge in [0.05, 0.1) is 5.41 Å². The SMILES string of the molecule is CC1(C)c2ccccc2-c2cccc(-c3ccc(N(c4ccc5c(c4)C4(c6ccccc6-5)c5ccccc5C5C=CC=CC54)c4ccc5c(c4)oc4ccccc45)cc3)c21. The van der Waals surface area contributed by atoms with Gasteiger partial charge in [-0.25, -0.2) is 0 Å². The van der Waals surface area contributed by atoms with E-state index in [4.69, 9.17) is 4.42 Å². The summed E-state index contributed by atoms with van der Waals surface area (Å²) in [5.41, 5.74) is 20.9. The molecule has 0 fully saturated rings. The van der Waals surface area contributed by atoms with Gasteiger partial charge in [-0.3, -0.25) is 0 Å². The van der Waals surface area contributed by atoms with Crippen LogP contribution in [0.25, 0.3) is 55.3 Å². The Morgan fingerprint density at radius 1 is 0.450 bits per heavy atom. The van der Waals surface area contributed by atoms with Crippen LogP contribution in [0.4, 0.5) is 17.1 Å². The molecular formula is C58H41NO. The van der Waals surface area contributed by atoms with Crippen LogP contribution in [0.3, 0.4) is 0 Å². The van der Waals surface area contributed by atoms with E-state index in [1.54, 1.807) is 0 Å². The lowest BCUT2D eigenvalue weighted by atomic mass is 9.65. The fraction of sp³-hybridized carbons (Fsp3) is 0.103. The van der Waals surface area contributed by atoms with Crippen LogP contribution in [0.2, 0.25) is 0 Å². The summed E-state index contributed by atoms with van der Waals surface area (Å²) in [6.45, 7) is 4.74. The van der Waals surface area contributed by atoms with E-state index >= 15 is 0 Å². The fourth-order valence-electron chi connectivity index (χ4n) is 11.9. The molecule has 2 heteroatoms. The summed E-state index contributed by atoms with van der Waals surface area (Å²) in [6, 6.07) is 65.5. The maximum Gasteiger partial charge on any atom is 0.137 e. The van der Waals surface area contributed by atoms with E-state index in [1.165, 1.54) is 66.8 Å². The second-order valence-electron chi connectivity index (χ2n) is 17.6. The first-order valence-corrected chi connectivity index (χ1v) is 21.3. The molecule has 4 aliphatic rings. The first-order valence-electron chi connectivity index (χ1n) is 21.3. The quantitative estimate of drug-likeness (QED) is 0.177. The zero-order valence-electron chi connectivity index (χ0n) is 33.6. The predicted octanol–water partition coefficient (Wildman–Crippen LogP) is 15.2. The molecule has 13 rings (SSSR count). The van der Waals surface area contributed by atoms with Crippen molar-refractivity contribution in [2.45, 2.75) is 30.6 Å². The molecule has 4 aliphatic carbocycles. The maximum absolute atomic E-state index is 6.53. The second-order valence-corrected chi connectivity index (χ2v) is 17.6. The highest BCUT2D eigenvalue weighted by atomic mass is 16.3. The van der Waals surface area contributed by atoms with Gasteiger partial charge in [-0.2, -0.15) is 0 Å². The maximum atomic E-state index is 6.53. The van der Waals surface area contributed by atoms with Gasteiger partial charge in [0.25, 0.3) is 0 Å². The third-order valence-electron chi connectivity index (χ3n) is 14.3. The number of anilines is 3. The molecule has 0 radical (unpaired) electrons. The number of hydrogen-bond donors (Lipinski definition) is 0. The number of furan rings is 1. The van der Waals surface area contributed by atoms with Crippen molar-refractivity contribution in [3.63, 3.8) is 0 Å². The van der Waals surface area contributed by atoms with Crippen molar-refractivity contribution in [3.05, 3.63) is 234 Å². The van der Waals surface area contributed by atoms with Gasteiger partial charge in [0, 0.05) is 51.2 Å². The molecule has 8 aromatic carbocycles. The third kappa shape index (κ3) is 4.38. The Balaban J connectivity index is 1.01. The fourth-order valence-corrected chi connectivity index (χ4v) is 11.9. The van der Waals surface area contributed by atoms with E-state index in [2.05, 4.69) is 213 Å². The predicted molar refractivity (Wildman–Crippen MR) is 248 cm³/mol. The van der Waals surface area contributed by atoms with Crippen molar-refractivity contribution in [3.8, 4) is 33.4 Å². The zero-order chi connectivity index (χ0) is 39.7. The van der Waals surface area contributed by atoms with E-state index in [0.29, 0.717) is 5.92 Å². The average Bonchev–Trinajstić information content (AvgIpc) is 3.99. The summed E-state index contributed by atoms with van der Waals surface area (Å²) >= 11 is 0. The van der Waals surface area contributed by atoms with Gasteiger partial charge in [-0.1, -0.05) is 166 Å². The van der Waals surface area contributed by atoms with Gasteiger partial charge in [0.15, 0.2) is 0 Å². The molecule has 1 heterocycles. The van der Waals surface area contributed by atoms with E-state index in [0.717, 1.165) is 39.0 Å². The minimum absolute atomic E-state index is 0.103. The van der Waals surface area contributed by atoms with Gasteiger partial charge in [-0.15, -0.1) is 0 Å². The summed E-state index contributed by atoms with van der Waals surface area (Å²) in [5, 5.41) is 2.26. The Bertz CT molecular complexity index is 3320. The van der Waals surface area contributed by atoms with Crippen LogP contribution in [-0.2, 0) is 10.8 Å². The first kappa shape index (κ1) is 33.8. The van der Waals surface area contributed by atoms with Crippen molar-refractivity contribution in [2.24, 2.45) is 5.92 Å². The number of benzene rings is 8. The lowest BCUT2D eigenvalue weighted by Crippen LogP contribution is -2.33. The van der Waals surface area contributed by atoms with Crippen LogP contribution >= 0.6 is 0 Å². The van der Waals surface area contributed by atoms with Gasteiger partial charge < -0.3 is 9.32 Å². The normalized spacial score (nSPS) is 19.6. The Kier molecular flexibility index (Phi) is 6.86. The average molecular weight is 768 g/mol. The molecule has 60 heavy (non-hydrogen) atoms. The lowest BCUT2D eigenvalue weighted by Gasteiger charge is -2.36. The molecule has 1 aromatic heterocycles. The second kappa shape index (κ2) is 12.2. The molecule has 0 saturated carbocycles. The Morgan fingerprint density at radius 3 is 1.93 bits per heavy atom. The first-order chi connectivity index (χ1) is 29.5. The molecule has 3 atom stereocenters. The molecule has 284 valence electrons. The van der Waals surface area contributed by atoms with E-state index in [1.807, 2.05) is 6.07 Å². The van der Waals surface area contributed by atoms with Crippen molar-refractivity contribution >= 4 is 39.0 Å². The van der Waals surface area contributed by atoms with Gasteiger partial charge in [0.2, 0.25) is 0 Å². The van der Waals surface area contributed by atoms with Crippen molar-refractivity contribution in [1.82, 2.24) is 0 Å². The number of hydrogen-bond acceptors (Lipinski definition) is 2. The Hall–Kier alpha value is -7.16. The number of allylic oxidation sites excluding steroid dienone is 4. The highest BCUT2D eigenvalue weighted by Gasteiger charge is 2.57. The number of rotatable bonds is 4. The van der Waals surface area contributed by atoms with Crippen molar-refractivity contribution < 1.29 is 4.42 Å². The summed E-state index contributed by atoms with van der Waals surface area (Å²) < 4.78 is 6.53. The van der Waals surface area contributed by atoms with E-state index < -0.39 is 0 Å². The van der Waals surface area contributed by atoms with Gasteiger partial charge in [-0.05, 0) is 109 Å². The van der Waals surface area contributed by atoms with Crippen molar-refractivity contribution in [2.75, 3.05) is 4.90 Å². The van der Waals surface area contributed by atoms with Crippen LogP contribution in [0.5, 0.6) is 0 Å². The van der Waals surface area contributed by atoms with Gasteiger partial charge in [0.1, 0.15) is 11.2 Å². The minimum atomic E-state index is -0.319. The molecule has 0 amide bonds. The minimum Gasteiger partial charge on any atom is -0.456 e. The standard InChI is InChI=1S/C58H41NO/c1-57(2)49-21-8-3-17-44(49)48-20-13-19-40(56(48)57)36-26-28-37(29-27-36)59(39-31-33-47-46-18-7-12-25-54(46)60-55(47)35-39)38-30-32-45-43-16-6-11-24-52(43)58(53(45)34-38)50-22-9-4-14-41(50)42-15-5-10-23-51(42)58/h3-35,41,50H,1-2H3. The molecule has 0 N–H and O–H groups in total. The summed E-state index contributed by atoms with van der Waals surface area (Å²) in [4.78, 5) is 2.43. The topological polar surface area (TPSA) is 16.4 Å². The van der Waals surface area contributed by atoms with Gasteiger partial charge >= 0.3 is 0 Å². The molecule has 2 nitrogen and oxygen atoms in total. The zero-order valence-corrected chi connectivity index (χ0v) is 33.6. The van der Waals surface area contributed by atoms with Crippen LogP contribution in [0, 0.1) is 5.92 Å². The monoisotopic (exact) mass is 767 g/mol. The van der Waals surface area contributed by atoms with Crippen LogP contribution in [0.1, 0.15) is 53.1 Å². The molecular weight excluding hydrogens is 727 g/mol. The molecule has 0 saturated heterocycles. The summed E-state index contributed by atoms with van der Waals surface area (Å²) in [6.07, 6.45) is 9.38. The van der Waals surface area contributed by atoms with E-state index in [9.17, 15) is 0 Å². The number of nitrogens with zero attached hydrogens (tertiary/aromatic N) is 1. The van der Waals surface area contributed by atoms with Crippen molar-refractivity contribution in [1.29, 1.82) is 0 Å². The Labute approximate surface area is 350 Å². The number of fused-ring (bicyclic) bond motifs is 16. The molecule has 0 aliphatic heterocycles. The lowest BCUT2D eigenvalue weighted by molar-refractivity contribution is 0.465. The molecule has 9 aromatic rings. The van der Waals surface area contributed by atoms with Crippen LogP contribution in [-0.4, -0.2) is 0 Å². The largest absolute Gasteiger partial charge is 0.456 e.